The van der Waals surface area contributed by atoms with Crippen LogP contribution in [0.2, 0.25) is 0 Å². The van der Waals surface area contributed by atoms with Crippen molar-refractivity contribution in [2.75, 3.05) is 46.9 Å². The Hall–Kier alpha value is -1.02. The smallest absolute Gasteiger partial charge is 0.190 e. The zero-order valence-electron chi connectivity index (χ0n) is 17.3. The molecule has 0 radical (unpaired) electrons. The molecule has 0 aliphatic carbocycles. The van der Waals surface area contributed by atoms with E-state index in [1.54, 1.807) is 7.11 Å². The molecule has 1 aliphatic rings. The van der Waals surface area contributed by atoms with Gasteiger partial charge in [0.1, 0.15) is 5.75 Å². The molecule has 2 rings (SSSR count). The Balaban J connectivity index is 0.00000364. The van der Waals surface area contributed by atoms with Crippen LogP contribution in [-0.2, 0) is 0 Å². The van der Waals surface area contributed by atoms with Crippen molar-refractivity contribution in [1.29, 1.82) is 0 Å². The lowest BCUT2D eigenvalue weighted by Gasteiger charge is -2.21. The van der Waals surface area contributed by atoms with Gasteiger partial charge in [0.25, 0.3) is 0 Å². The summed E-state index contributed by atoms with van der Waals surface area (Å²) in [7, 11) is 3.54. The summed E-state index contributed by atoms with van der Waals surface area (Å²) in [5.74, 6) is 2.94. The number of methoxy groups -OCH3 is 1. The predicted molar refractivity (Wildman–Crippen MR) is 126 cm³/mol. The van der Waals surface area contributed by atoms with Gasteiger partial charge in [0.15, 0.2) is 5.96 Å². The summed E-state index contributed by atoms with van der Waals surface area (Å²) in [4.78, 5) is 6.92. The number of hydrogen-bond donors (Lipinski definition) is 2. The monoisotopic (exact) mass is 488 g/mol. The Morgan fingerprint density at radius 1 is 1.15 bits per heavy atom. The van der Waals surface area contributed by atoms with Gasteiger partial charge in [-0.2, -0.15) is 0 Å². The van der Waals surface area contributed by atoms with E-state index in [9.17, 15) is 0 Å². The third-order valence-electron chi connectivity index (χ3n) is 5.16. The van der Waals surface area contributed by atoms with Gasteiger partial charge in [-0.1, -0.05) is 26.0 Å². The van der Waals surface area contributed by atoms with Gasteiger partial charge in [-0.25, -0.2) is 0 Å². The molecule has 27 heavy (non-hydrogen) atoms. The molecule has 154 valence electrons. The molecule has 0 amide bonds. The number of nitrogens with one attached hydrogen (secondary N) is 2. The fraction of sp³-hybridized carbons (Fsp3) is 0.667. The Kier molecular flexibility index (Phi) is 11.7. The fourth-order valence-electron chi connectivity index (χ4n) is 3.47. The van der Waals surface area contributed by atoms with E-state index >= 15 is 0 Å². The SMILES string of the molecule is CN=C(NCCC(C)c1ccc(OC)cc1)NCC(C)CN1CCCC1.I. The van der Waals surface area contributed by atoms with Gasteiger partial charge in [-0.3, -0.25) is 4.99 Å². The van der Waals surface area contributed by atoms with Gasteiger partial charge >= 0.3 is 0 Å². The summed E-state index contributed by atoms with van der Waals surface area (Å²) in [5, 5.41) is 6.91. The van der Waals surface area contributed by atoms with Gasteiger partial charge in [0.2, 0.25) is 0 Å². The molecule has 2 atom stereocenters. The van der Waals surface area contributed by atoms with Crippen molar-refractivity contribution in [2.24, 2.45) is 10.9 Å². The number of hydrogen-bond acceptors (Lipinski definition) is 3. The third kappa shape index (κ3) is 8.68. The summed E-state index contributed by atoms with van der Waals surface area (Å²) in [6.07, 6.45) is 3.78. The highest BCUT2D eigenvalue weighted by atomic mass is 127. The minimum absolute atomic E-state index is 0. The van der Waals surface area contributed by atoms with Crippen LogP contribution in [0.1, 0.15) is 44.6 Å². The highest BCUT2D eigenvalue weighted by molar-refractivity contribution is 14.0. The second-order valence-corrected chi connectivity index (χ2v) is 7.46. The molecule has 1 heterocycles. The average molecular weight is 488 g/mol. The topological polar surface area (TPSA) is 48.9 Å². The van der Waals surface area contributed by atoms with E-state index < -0.39 is 0 Å². The first-order valence-electron chi connectivity index (χ1n) is 9.93. The van der Waals surface area contributed by atoms with E-state index in [4.69, 9.17) is 4.74 Å². The van der Waals surface area contributed by atoms with Crippen LogP contribution in [-0.4, -0.2) is 57.7 Å². The normalized spacial score (nSPS) is 17.1. The number of aliphatic imine (C=N–C) groups is 1. The van der Waals surface area contributed by atoms with E-state index in [1.807, 2.05) is 19.2 Å². The number of likely N-dealkylation sites (tertiary alicyclic amines) is 1. The number of benzene rings is 1. The van der Waals surface area contributed by atoms with Gasteiger partial charge in [0, 0.05) is 26.7 Å². The van der Waals surface area contributed by atoms with E-state index in [-0.39, 0.29) is 24.0 Å². The van der Waals surface area contributed by atoms with Crippen LogP contribution in [0.3, 0.4) is 0 Å². The zero-order valence-corrected chi connectivity index (χ0v) is 19.7. The lowest BCUT2D eigenvalue weighted by Crippen LogP contribution is -2.41. The molecule has 1 aromatic carbocycles. The summed E-state index contributed by atoms with van der Waals surface area (Å²) in [5.41, 5.74) is 1.34. The minimum Gasteiger partial charge on any atom is -0.497 e. The van der Waals surface area contributed by atoms with Crippen molar-refractivity contribution < 1.29 is 4.74 Å². The van der Waals surface area contributed by atoms with Crippen LogP contribution in [0.25, 0.3) is 0 Å². The van der Waals surface area contributed by atoms with Crippen LogP contribution >= 0.6 is 24.0 Å². The summed E-state index contributed by atoms with van der Waals surface area (Å²) in [6, 6.07) is 8.36. The summed E-state index contributed by atoms with van der Waals surface area (Å²) in [6.45, 7) is 10.2. The number of nitrogens with zero attached hydrogens (tertiary/aromatic N) is 2. The molecule has 2 unspecified atom stereocenters. The molecule has 0 spiro atoms. The van der Waals surface area contributed by atoms with Crippen molar-refractivity contribution in [3.05, 3.63) is 29.8 Å². The van der Waals surface area contributed by atoms with Gasteiger partial charge < -0.3 is 20.3 Å². The lowest BCUT2D eigenvalue weighted by molar-refractivity contribution is 0.287. The van der Waals surface area contributed by atoms with E-state index in [0.717, 1.165) is 31.2 Å². The Morgan fingerprint density at radius 2 is 1.81 bits per heavy atom. The molecule has 1 saturated heterocycles. The molecular formula is C21H37IN4O. The van der Waals surface area contributed by atoms with Crippen LogP contribution in [0, 0.1) is 5.92 Å². The van der Waals surface area contributed by atoms with Crippen LogP contribution in [0.4, 0.5) is 0 Å². The lowest BCUT2D eigenvalue weighted by atomic mass is 9.98. The minimum atomic E-state index is 0. The average Bonchev–Trinajstić information content (AvgIpc) is 3.17. The maximum Gasteiger partial charge on any atom is 0.190 e. The zero-order chi connectivity index (χ0) is 18.8. The van der Waals surface area contributed by atoms with Crippen molar-refractivity contribution in [1.82, 2.24) is 15.5 Å². The first-order chi connectivity index (χ1) is 12.6. The Labute approximate surface area is 182 Å². The molecule has 0 saturated carbocycles. The summed E-state index contributed by atoms with van der Waals surface area (Å²) < 4.78 is 5.22. The van der Waals surface area contributed by atoms with E-state index in [2.05, 4.69) is 46.5 Å². The second-order valence-electron chi connectivity index (χ2n) is 7.46. The number of ether oxygens (including phenoxy) is 1. The molecule has 2 N–H and O–H groups in total. The van der Waals surface area contributed by atoms with Gasteiger partial charge in [-0.15, -0.1) is 24.0 Å². The largest absolute Gasteiger partial charge is 0.497 e. The molecule has 1 aromatic rings. The maximum absolute atomic E-state index is 5.22. The second kappa shape index (κ2) is 13.2. The maximum atomic E-state index is 5.22. The van der Waals surface area contributed by atoms with Crippen molar-refractivity contribution in [2.45, 2.75) is 39.0 Å². The number of guanidine groups is 1. The van der Waals surface area contributed by atoms with Crippen molar-refractivity contribution in [3.63, 3.8) is 0 Å². The first kappa shape index (κ1) is 24.0. The number of rotatable bonds is 9. The molecule has 5 nitrogen and oxygen atoms in total. The number of halogens is 1. The Bertz CT molecular complexity index is 544. The molecule has 6 heteroatoms. The van der Waals surface area contributed by atoms with Crippen LogP contribution in [0.15, 0.2) is 29.3 Å². The van der Waals surface area contributed by atoms with E-state index in [1.165, 1.54) is 38.0 Å². The molecule has 0 bridgehead atoms. The van der Waals surface area contributed by atoms with Crippen molar-refractivity contribution in [3.8, 4) is 5.75 Å². The summed E-state index contributed by atoms with van der Waals surface area (Å²) >= 11 is 0. The molecule has 1 fully saturated rings. The van der Waals surface area contributed by atoms with Gasteiger partial charge in [0.05, 0.1) is 7.11 Å². The molecular weight excluding hydrogens is 451 g/mol. The van der Waals surface area contributed by atoms with Crippen molar-refractivity contribution >= 4 is 29.9 Å². The van der Waals surface area contributed by atoms with E-state index in [0.29, 0.717) is 11.8 Å². The Morgan fingerprint density at radius 3 is 2.41 bits per heavy atom. The molecule has 0 aromatic heterocycles. The fourth-order valence-corrected chi connectivity index (χ4v) is 3.47. The molecule has 1 aliphatic heterocycles. The predicted octanol–water partition coefficient (Wildman–Crippen LogP) is 3.70. The standard InChI is InChI=1S/C21H36N4O.HI/c1-17(16-25-13-5-6-14-25)15-24-21(22-3)23-12-11-18(2)19-7-9-20(26-4)10-8-19;/h7-10,17-18H,5-6,11-16H2,1-4H3,(H2,22,23,24);1H. The first-order valence-corrected chi connectivity index (χ1v) is 9.93. The van der Waals surface area contributed by atoms with Crippen LogP contribution in [0.5, 0.6) is 5.75 Å². The quantitative estimate of drug-likeness (QED) is 0.316. The van der Waals surface area contributed by atoms with Gasteiger partial charge in [-0.05, 0) is 61.9 Å². The highest BCUT2D eigenvalue weighted by Crippen LogP contribution is 2.21. The highest BCUT2D eigenvalue weighted by Gasteiger charge is 2.14. The third-order valence-corrected chi connectivity index (χ3v) is 5.16. The van der Waals surface area contributed by atoms with Crippen LogP contribution < -0.4 is 15.4 Å².